The van der Waals surface area contributed by atoms with E-state index in [1.807, 2.05) is 34.4 Å². The highest BCUT2D eigenvalue weighted by Crippen LogP contribution is 2.50. The number of unbranched alkanes of at least 4 members (excludes halogenated alkanes) is 4. The molecule has 32 nitrogen and oxygen atoms in total. The summed E-state index contributed by atoms with van der Waals surface area (Å²) < 4.78 is 89.5. The fraction of sp³-hybridized carbons (Fsp3) is 0.753. The number of aromatic nitrogens is 6. The van der Waals surface area contributed by atoms with Crippen molar-refractivity contribution in [2.75, 3.05) is 68.5 Å². The molecule has 5 unspecified atom stereocenters. The van der Waals surface area contributed by atoms with Crippen molar-refractivity contribution in [1.82, 2.24) is 38.9 Å². The van der Waals surface area contributed by atoms with Gasteiger partial charge in [0, 0.05) is 117 Å². The van der Waals surface area contributed by atoms with Gasteiger partial charge in [0.25, 0.3) is 22.6 Å². The Morgan fingerprint density at radius 3 is 1.31 bits per heavy atom. The molecule has 9 rings (SSSR count). The summed E-state index contributed by atoms with van der Waals surface area (Å²) in [4.78, 5) is 114. The molecule has 0 aliphatic carbocycles. The van der Waals surface area contributed by atoms with Crippen LogP contribution in [0.4, 0.5) is 4.39 Å². The number of nitrogens with zero attached hydrogens (tertiary/aromatic N) is 5. The molecule has 6 aliphatic heterocycles. The van der Waals surface area contributed by atoms with E-state index in [-0.39, 0.29) is 60.3 Å². The average molecular weight is 1700 g/mol. The summed E-state index contributed by atoms with van der Waals surface area (Å²) in [6.07, 6.45) is 16.7. The Kier molecular flexibility index (Phi) is 53.7. The van der Waals surface area contributed by atoms with Crippen molar-refractivity contribution in [3.8, 4) is 6.07 Å². The van der Waals surface area contributed by atoms with Gasteiger partial charge in [-0.2, -0.15) is 5.26 Å². The molecule has 0 radical (unpaired) electrons. The minimum absolute atomic E-state index is 0. The Morgan fingerprint density at radius 2 is 0.974 bits per heavy atom. The fourth-order valence-corrected chi connectivity index (χ4v) is 15.2. The predicted molar refractivity (Wildman–Crippen MR) is 447 cm³/mol. The van der Waals surface area contributed by atoms with Gasteiger partial charge in [-0.05, 0) is 64.2 Å². The summed E-state index contributed by atoms with van der Waals surface area (Å²) in [5.74, 6) is -0.295. The number of aliphatic hydroxyl groups excluding tert-OH is 2. The van der Waals surface area contributed by atoms with Crippen LogP contribution in [0.25, 0.3) is 0 Å². The first-order valence-electron chi connectivity index (χ1n) is 39.3. The molecule has 6 N–H and O–H groups in total. The van der Waals surface area contributed by atoms with Crippen LogP contribution in [0.2, 0.25) is 0 Å². The van der Waals surface area contributed by atoms with Gasteiger partial charge in [0.15, 0.2) is 39.4 Å². The first kappa shape index (κ1) is 110. The maximum absolute atomic E-state index is 12.5. The van der Waals surface area contributed by atoms with Crippen LogP contribution in [0, 0.1) is 11.3 Å². The lowest BCUT2D eigenvalue weighted by Crippen LogP contribution is -2.47. The molecule has 0 bridgehead atoms. The largest absolute Gasteiger partial charge is 0.456 e. The summed E-state index contributed by atoms with van der Waals surface area (Å²) in [5.41, 5.74) is -6.11. The number of ketones is 1. The first-order valence-corrected chi connectivity index (χ1v) is 41.0. The lowest BCUT2D eigenvalue weighted by molar-refractivity contribution is -0.167. The summed E-state index contributed by atoms with van der Waals surface area (Å²) in [7, 11) is 3.84. The van der Waals surface area contributed by atoms with Crippen molar-refractivity contribution in [2.24, 2.45) is 0 Å². The number of carbonyl (C=O) groups is 3. The number of ether oxygens (including phenoxy) is 10. The SMILES string of the molecule is C.C.C.C.C1CCOC1.C=C1NC(=O)C=CN1[C@@H]1O[C@@](CC)(CCCC)C(OP(C)OCCC#N)[C@@H]1OC.CCCC[C@]1(CC)O[C@@H](n2ccc(=O)[nH]c2=O)[C@@H](OC)C1O.CCCC[C@]1(CC)O[C@@H](n2ccc(=O)[nH]c2=O)[C@@H](OC)C1O.CCCC[C@]1(CC)O[C@@H](n2ccc(=O)[nH]c2=O)[C@@H](OC)C1OC(=O)CCC(=O)CC.CCl.[2H]CF. The molecule has 5 saturated heterocycles. The number of amides is 1. The molecule has 0 aromatic carbocycles. The van der Waals surface area contributed by atoms with Crippen molar-refractivity contribution >= 4 is 37.6 Å². The number of H-pyrrole nitrogens is 3. The summed E-state index contributed by atoms with van der Waals surface area (Å²) >= 11 is 4.64. The van der Waals surface area contributed by atoms with Crippen LogP contribution < -0.4 is 39.1 Å². The molecule has 9 heterocycles. The van der Waals surface area contributed by atoms with Gasteiger partial charge >= 0.3 is 23.0 Å². The summed E-state index contributed by atoms with van der Waals surface area (Å²) in [6, 6.07) is 5.81. The van der Waals surface area contributed by atoms with Crippen molar-refractivity contribution in [3.63, 3.8) is 0 Å². The Labute approximate surface area is 693 Å². The smallest absolute Gasteiger partial charge is 0.330 e. The minimum atomic E-state index is -1.21. The molecule has 0 saturated carbocycles. The van der Waals surface area contributed by atoms with Crippen LogP contribution in [0.5, 0.6) is 0 Å². The van der Waals surface area contributed by atoms with Gasteiger partial charge in [-0.15, -0.1) is 11.6 Å². The second-order valence-electron chi connectivity index (χ2n) is 27.4. The van der Waals surface area contributed by atoms with E-state index in [0.717, 1.165) is 77.4 Å². The third-order valence-corrected chi connectivity index (χ3v) is 21.7. The van der Waals surface area contributed by atoms with E-state index in [4.69, 9.17) is 63.0 Å². The number of carbonyl (C=O) groups excluding carboxylic acids is 3. The fourth-order valence-electron chi connectivity index (χ4n) is 14.2. The predicted octanol–water partition coefficient (Wildman–Crippen LogP) is 11.8. The standard InChI is InChI=1S/C21H32N2O7.C20H32N3O5P.2C15H24N2O5.C4H8O.CH3Cl.CH3F.4CH4/c1-5-8-12-21(7-3)18(29-16(26)10-9-14(24)6-2)17(28-4)19(30-21)23-13-11-15(25)22-20(23)27;1-6-8-11-20(7-2)18(28-29(5)26-14-9-12-21)17(25-4)19(27-20)23-13-10-16(24)22-15(23)3;2*1-4-6-8-15(5-2)12(19)11(21-3)13(22-15)17-9-7-10(18)16-14(17)20;1-2-4-5-3-1;2*1-2;;;;/h11,13,17-19H,5-10,12H2,1-4H3,(H,22,25,27);10,13,17-19H,3,6-9,11,14H2,1-2,4-5H3,(H,22,24);2*7,9,11-13,19H,4-6,8H2,1-3H3,(H,16,18,20);1-4H2;2*1H3;4*1H4/t17-,18?,19+,21-;17-,18?,19+,20-,29?;2*11-,12?,13+,15-;;;;;;;/m0000......./s1/i;;;;;;1D;;;;. The maximum atomic E-state index is 12.5. The highest BCUT2D eigenvalue weighted by Gasteiger charge is 2.60. The van der Waals surface area contributed by atoms with E-state index in [1.165, 1.54) is 97.1 Å². The second kappa shape index (κ2) is 56.9. The normalized spacial score (nSPS) is 27.5. The Hall–Kier alpha value is -6.45. The topological polar surface area (TPSA) is 406 Å². The number of esters is 1. The molecular formula is C81H142ClFN9O23P. The van der Waals surface area contributed by atoms with Gasteiger partial charge < -0.3 is 76.8 Å². The zero-order valence-corrected chi connectivity index (χ0v) is 69.7. The van der Waals surface area contributed by atoms with E-state index in [0.29, 0.717) is 63.8 Å². The van der Waals surface area contributed by atoms with E-state index >= 15 is 0 Å². The summed E-state index contributed by atoms with van der Waals surface area (Å²) in [5, 5.41) is 32.8. The number of nitriles is 1. The molecule has 0 spiro atoms. The Bertz CT molecular complexity index is 3670. The number of nitrogens with one attached hydrogen (secondary N) is 4. The zero-order valence-electron chi connectivity index (χ0n) is 69.0. The van der Waals surface area contributed by atoms with Crippen LogP contribution in [0.15, 0.2) is 90.2 Å². The molecule has 6 aliphatic rings. The summed E-state index contributed by atoms with van der Waals surface area (Å²) in [6.45, 7) is 26.2. The van der Waals surface area contributed by atoms with Crippen molar-refractivity contribution in [3.05, 3.63) is 124 Å². The zero-order chi connectivity index (χ0) is 84.7. The monoisotopic (exact) mass is 1690 g/mol. The molecule has 17 atom stereocenters. The third kappa shape index (κ3) is 29.8. The van der Waals surface area contributed by atoms with E-state index in [2.05, 4.69) is 72.2 Å². The van der Waals surface area contributed by atoms with Gasteiger partial charge in [0.1, 0.15) is 59.9 Å². The number of aromatic amines is 3. The van der Waals surface area contributed by atoms with Gasteiger partial charge in [-0.1, -0.05) is 150 Å². The van der Waals surface area contributed by atoms with Crippen LogP contribution in [0.1, 0.15) is 253 Å². The number of methoxy groups -OCH3 is 4. The number of Topliss-reactive ketones (excluding diaryl/α,β-unsaturated/α-hetero) is 1. The van der Waals surface area contributed by atoms with E-state index < -0.39 is 145 Å². The number of hydrogen-bond acceptors (Lipinski definition) is 25. The van der Waals surface area contributed by atoms with Crippen molar-refractivity contribution < 1.29 is 86.8 Å². The van der Waals surface area contributed by atoms with Crippen LogP contribution in [-0.2, 0) is 70.8 Å². The van der Waals surface area contributed by atoms with Gasteiger partial charge in [-0.25, -0.2) is 14.4 Å². The van der Waals surface area contributed by atoms with Crippen molar-refractivity contribution in [1.29, 1.82) is 5.26 Å². The number of rotatable bonds is 34. The quantitative estimate of drug-likeness (QED) is 0.0140. The number of alkyl halides is 2. The molecular weight excluding hydrogens is 1550 g/mol. The van der Waals surface area contributed by atoms with E-state index in [1.54, 1.807) is 25.1 Å². The molecule has 35 heteroatoms. The Balaban J connectivity index is 0. The number of halogens is 2. The molecule has 116 heavy (non-hydrogen) atoms. The lowest BCUT2D eigenvalue weighted by Gasteiger charge is -2.35. The maximum Gasteiger partial charge on any atom is 0.330 e. The second-order valence-corrected chi connectivity index (χ2v) is 28.7. The molecule has 5 fully saturated rings. The molecule has 3 aromatic heterocycles. The molecule has 668 valence electrons. The van der Waals surface area contributed by atoms with E-state index in [9.17, 15) is 57.8 Å². The highest BCUT2D eigenvalue weighted by atomic mass is 35.5. The van der Waals surface area contributed by atoms with Gasteiger partial charge in [0.05, 0.1) is 50.8 Å². The number of aliphatic hydroxyl groups is 2. The Morgan fingerprint density at radius 1 is 0.612 bits per heavy atom. The van der Waals surface area contributed by atoms with Gasteiger partial charge in [-0.3, -0.25) is 61.8 Å². The van der Waals surface area contributed by atoms with Crippen molar-refractivity contribution in [2.45, 2.75) is 329 Å². The lowest BCUT2D eigenvalue weighted by atomic mass is 9.87. The van der Waals surface area contributed by atoms with Crippen LogP contribution in [0.3, 0.4) is 0 Å². The van der Waals surface area contributed by atoms with Crippen LogP contribution >= 0.6 is 20.0 Å². The average Bonchev–Trinajstić information content (AvgIpc) is 1.62. The number of hydrogen-bond donors (Lipinski definition) is 6. The molecule has 1 amide bonds. The molecule has 3 aromatic rings. The highest BCUT2D eigenvalue weighted by molar-refractivity contribution is 7.46. The first-order chi connectivity index (χ1) is 54.1. The minimum Gasteiger partial charge on any atom is -0.456 e. The van der Waals surface area contributed by atoms with Crippen LogP contribution in [-0.4, -0.2) is 207 Å². The third-order valence-electron chi connectivity index (χ3n) is 20.6. The van der Waals surface area contributed by atoms with Gasteiger partial charge in [0.2, 0.25) is 0 Å².